The van der Waals surface area contributed by atoms with Crippen LogP contribution in [0.2, 0.25) is 5.02 Å². The van der Waals surface area contributed by atoms with Crippen molar-refractivity contribution >= 4 is 34.2 Å². The quantitative estimate of drug-likeness (QED) is 0.455. The van der Waals surface area contributed by atoms with Gasteiger partial charge < -0.3 is 14.2 Å². The number of para-hydroxylation sites is 2. The summed E-state index contributed by atoms with van der Waals surface area (Å²) in [6.45, 7) is 3.48. The van der Waals surface area contributed by atoms with Crippen molar-refractivity contribution in [2.24, 2.45) is 0 Å². The van der Waals surface area contributed by atoms with Crippen LogP contribution in [-0.4, -0.2) is 46.8 Å². The van der Waals surface area contributed by atoms with Crippen LogP contribution < -0.4 is 10.5 Å². The van der Waals surface area contributed by atoms with E-state index in [0.29, 0.717) is 48.5 Å². The number of hydrogen-bond donors (Lipinski definition) is 0. The first-order valence-corrected chi connectivity index (χ1v) is 10.9. The Morgan fingerprint density at radius 1 is 1.06 bits per heavy atom. The highest BCUT2D eigenvalue weighted by molar-refractivity contribution is 6.33. The largest absolute Gasteiger partial charge is 0.448 e. The van der Waals surface area contributed by atoms with Crippen LogP contribution in [0.5, 0.6) is 0 Å². The Kier molecular flexibility index (Phi) is 5.38. The fourth-order valence-corrected chi connectivity index (χ4v) is 4.35. The maximum atomic E-state index is 14.1. The molecule has 0 atom stereocenters. The molecule has 3 heterocycles. The third-order valence-corrected chi connectivity index (χ3v) is 6.27. The van der Waals surface area contributed by atoms with Gasteiger partial charge in [-0.25, -0.2) is 4.39 Å². The first-order chi connectivity index (χ1) is 16.0. The minimum absolute atomic E-state index is 0.0808. The van der Waals surface area contributed by atoms with Gasteiger partial charge in [0.05, 0.1) is 17.6 Å². The zero-order valence-corrected chi connectivity index (χ0v) is 18.6. The molecule has 2 aromatic carbocycles. The van der Waals surface area contributed by atoms with Crippen molar-refractivity contribution in [1.29, 1.82) is 0 Å². The Balaban J connectivity index is 1.34. The predicted octanol–water partition coefficient (Wildman–Crippen LogP) is 4.04. The lowest BCUT2D eigenvalue weighted by Gasteiger charge is -2.35. The Morgan fingerprint density at radius 2 is 1.79 bits per heavy atom. The molecule has 33 heavy (non-hydrogen) atoms. The molecule has 0 aliphatic carbocycles. The van der Waals surface area contributed by atoms with Crippen molar-refractivity contribution in [2.75, 3.05) is 31.1 Å². The molecule has 0 N–H and O–H groups in total. The minimum atomic E-state index is -0.494. The second-order valence-corrected chi connectivity index (χ2v) is 8.23. The lowest BCUT2D eigenvalue weighted by atomic mass is 10.1. The molecule has 2 aromatic heterocycles. The fourth-order valence-electron chi connectivity index (χ4n) is 4.10. The standard InChI is InChI=1S/C24H20ClFN4O3/c1-15-17-8-5-9-18(26)22(17)33-21(15)24(32)29-12-10-28(11-13-29)19-14-27-30(23(31)20(19)25)16-6-3-2-4-7-16/h2-9,14H,10-13H2,1H3. The molecule has 5 rings (SSSR count). The van der Waals surface area contributed by atoms with Crippen LogP contribution in [0, 0.1) is 12.7 Å². The molecule has 0 unspecified atom stereocenters. The monoisotopic (exact) mass is 466 g/mol. The molecule has 1 fully saturated rings. The second kappa shape index (κ2) is 8.37. The summed E-state index contributed by atoms with van der Waals surface area (Å²) in [6, 6.07) is 13.7. The van der Waals surface area contributed by atoms with Gasteiger partial charge in [-0.1, -0.05) is 41.9 Å². The van der Waals surface area contributed by atoms with Gasteiger partial charge >= 0.3 is 0 Å². The molecule has 1 aliphatic rings. The Morgan fingerprint density at radius 3 is 2.48 bits per heavy atom. The molecule has 0 saturated carbocycles. The van der Waals surface area contributed by atoms with Crippen molar-refractivity contribution in [1.82, 2.24) is 14.7 Å². The molecular formula is C24H20ClFN4O3. The predicted molar refractivity (Wildman–Crippen MR) is 124 cm³/mol. The number of aryl methyl sites for hydroxylation is 1. The second-order valence-electron chi connectivity index (χ2n) is 7.85. The average Bonchev–Trinajstić information content (AvgIpc) is 3.19. The maximum absolute atomic E-state index is 14.1. The summed E-state index contributed by atoms with van der Waals surface area (Å²) in [5, 5.41) is 4.95. The van der Waals surface area contributed by atoms with E-state index in [9.17, 15) is 14.0 Å². The van der Waals surface area contributed by atoms with Crippen LogP contribution in [0.3, 0.4) is 0 Å². The van der Waals surface area contributed by atoms with Crippen LogP contribution >= 0.6 is 11.6 Å². The van der Waals surface area contributed by atoms with Gasteiger partial charge in [0.2, 0.25) is 0 Å². The number of carbonyl (C=O) groups excluding carboxylic acids is 1. The molecule has 7 nitrogen and oxygen atoms in total. The third kappa shape index (κ3) is 3.66. The van der Waals surface area contributed by atoms with E-state index in [-0.39, 0.29) is 22.3 Å². The topological polar surface area (TPSA) is 71.6 Å². The summed E-state index contributed by atoms with van der Waals surface area (Å²) in [5.41, 5.74) is 1.47. The van der Waals surface area contributed by atoms with Crippen molar-refractivity contribution in [3.05, 3.63) is 87.2 Å². The number of anilines is 1. The molecule has 4 aromatic rings. The SMILES string of the molecule is Cc1c(C(=O)N2CCN(c3cnn(-c4ccccc4)c(=O)c3Cl)CC2)oc2c(F)cccc12. The van der Waals surface area contributed by atoms with Crippen LogP contribution in [0.25, 0.3) is 16.7 Å². The lowest BCUT2D eigenvalue weighted by molar-refractivity contribution is 0.0716. The summed E-state index contributed by atoms with van der Waals surface area (Å²) in [6.07, 6.45) is 1.57. The summed E-state index contributed by atoms with van der Waals surface area (Å²) in [5.74, 6) is -0.632. The van der Waals surface area contributed by atoms with E-state index in [4.69, 9.17) is 16.0 Å². The van der Waals surface area contributed by atoms with E-state index in [1.807, 2.05) is 23.1 Å². The van der Waals surface area contributed by atoms with Crippen molar-refractivity contribution in [3.8, 4) is 5.69 Å². The highest BCUT2D eigenvalue weighted by Gasteiger charge is 2.28. The zero-order chi connectivity index (χ0) is 23.1. The number of piperazine rings is 1. The minimum Gasteiger partial charge on any atom is -0.448 e. The van der Waals surface area contributed by atoms with E-state index in [2.05, 4.69) is 5.10 Å². The van der Waals surface area contributed by atoms with Crippen molar-refractivity contribution in [2.45, 2.75) is 6.92 Å². The molecule has 0 bridgehead atoms. The number of fused-ring (bicyclic) bond motifs is 1. The van der Waals surface area contributed by atoms with Crippen LogP contribution in [-0.2, 0) is 0 Å². The van der Waals surface area contributed by atoms with Crippen LogP contribution in [0.1, 0.15) is 16.1 Å². The Labute approximate surface area is 193 Å². The normalized spacial score (nSPS) is 14.2. The molecule has 0 spiro atoms. The zero-order valence-electron chi connectivity index (χ0n) is 17.8. The van der Waals surface area contributed by atoms with Crippen LogP contribution in [0.4, 0.5) is 10.1 Å². The van der Waals surface area contributed by atoms with E-state index < -0.39 is 11.4 Å². The van der Waals surface area contributed by atoms with Gasteiger partial charge in [-0.3, -0.25) is 9.59 Å². The Hall–Kier alpha value is -3.65. The smallest absolute Gasteiger partial charge is 0.292 e. The van der Waals surface area contributed by atoms with Gasteiger partial charge in [-0.05, 0) is 25.1 Å². The number of carbonyl (C=O) groups is 1. The van der Waals surface area contributed by atoms with E-state index in [1.165, 1.54) is 10.7 Å². The van der Waals surface area contributed by atoms with E-state index in [0.717, 1.165) is 0 Å². The molecule has 0 radical (unpaired) electrons. The van der Waals surface area contributed by atoms with Gasteiger partial charge in [0.1, 0.15) is 5.02 Å². The highest BCUT2D eigenvalue weighted by atomic mass is 35.5. The fraction of sp³-hybridized carbons (Fsp3) is 0.208. The average molecular weight is 467 g/mol. The molecule has 1 aliphatic heterocycles. The molecule has 1 amide bonds. The van der Waals surface area contributed by atoms with Crippen LogP contribution in [0.15, 0.2) is 63.9 Å². The molecule has 1 saturated heterocycles. The number of nitrogens with zero attached hydrogens (tertiary/aromatic N) is 4. The number of rotatable bonds is 3. The first-order valence-electron chi connectivity index (χ1n) is 10.5. The van der Waals surface area contributed by atoms with Crippen molar-refractivity contribution in [3.63, 3.8) is 0 Å². The molecule has 9 heteroatoms. The van der Waals surface area contributed by atoms with Gasteiger partial charge in [-0.15, -0.1) is 0 Å². The van der Waals surface area contributed by atoms with Crippen molar-refractivity contribution < 1.29 is 13.6 Å². The summed E-state index contributed by atoms with van der Waals surface area (Å²) in [4.78, 5) is 29.4. The van der Waals surface area contributed by atoms with E-state index >= 15 is 0 Å². The van der Waals surface area contributed by atoms with Gasteiger partial charge in [-0.2, -0.15) is 9.78 Å². The first kappa shape index (κ1) is 21.2. The molecular weight excluding hydrogens is 447 g/mol. The number of hydrogen-bond acceptors (Lipinski definition) is 5. The number of halogens is 2. The number of aromatic nitrogens is 2. The summed E-state index contributed by atoms with van der Waals surface area (Å²) < 4.78 is 20.9. The maximum Gasteiger partial charge on any atom is 0.292 e. The Bertz CT molecular complexity index is 1410. The van der Waals surface area contributed by atoms with E-state index in [1.54, 1.807) is 42.3 Å². The summed E-state index contributed by atoms with van der Waals surface area (Å²) >= 11 is 6.41. The number of benzene rings is 2. The summed E-state index contributed by atoms with van der Waals surface area (Å²) in [7, 11) is 0. The van der Waals surface area contributed by atoms with Gasteiger partial charge in [0.25, 0.3) is 11.5 Å². The number of furan rings is 1. The lowest BCUT2D eigenvalue weighted by Crippen LogP contribution is -2.49. The van der Waals surface area contributed by atoms with Gasteiger partial charge in [0, 0.05) is 37.1 Å². The third-order valence-electron chi connectivity index (χ3n) is 5.92. The highest BCUT2D eigenvalue weighted by Crippen LogP contribution is 2.29. The van der Waals surface area contributed by atoms with Gasteiger partial charge in [0.15, 0.2) is 17.2 Å². The number of amides is 1. The molecule has 168 valence electrons.